The van der Waals surface area contributed by atoms with Crippen molar-refractivity contribution in [1.82, 2.24) is 15.5 Å². The third kappa shape index (κ3) is 7.18. The molecule has 2 amide bonds. The molecule has 1 saturated carbocycles. The molecular formula is C18H27N3O5S. The van der Waals surface area contributed by atoms with Crippen LogP contribution in [-0.4, -0.2) is 67.9 Å². The summed E-state index contributed by atoms with van der Waals surface area (Å²) in [6, 6.07) is 8.67. The van der Waals surface area contributed by atoms with E-state index in [9.17, 15) is 18.0 Å². The van der Waals surface area contributed by atoms with Gasteiger partial charge in [-0.1, -0.05) is 37.3 Å². The Morgan fingerprint density at radius 2 is 1.89 bits per heavy atom. The molecule has 1 fully saturated rings. The third-order valence-corrected chi connectivity index (χ3v) is 6.24. The molecule has 9 heteroatoms. The van der Waals surface area contributed by atoms with E-state index in [1.54, 1.807) is 24.3 Å². The lowest BCUT2D eigenvalue weighted by Crippen LogP contribution is -2.56. The zero-order chi connectivity index (χ0) is 19.9. The Bertz CT molecular complexity index is 733. The van der Waals surface area contributed by atoms with Crippen molar-refractivity contribution in [2.45, 2.75) is 37.6 Å². The minimum absolute atomic E-state index is 0.000638. The fraction of sp³-hybridized carbons (Fsp3) is 0.556. The van der Waals surface area contributed by atoms with Crippen LogP contribution in [0, 0.1) is 0 Å². The molecule has 0 radical (unpaired) electrons. The molecule has 150 valence electrons. The summed E-state index contributed by atoms with van der Waals surface area (Å²) in [5, 5.41) is 14.3. The first kappa shape index (κ1) is 21.2. The van der Waals surface area contributed by atoms with Crippen LogP contribution in [0.25, 0.3) is 0 Å². The van der Waals surface area contributed by atoms with E-state index < -0.39 is 21.8 Å². The predicted octanol–water partition coefficient (Wildman–Crippen LogP) is 0.838. The van der Waals surface area contributed by atoms with Gasteiger partial charge in [-0.05, 0) is 24.9 Å². The second kappa shape index (κ2) is 9.70. The first-order valence-corrected chi connectivity index (χ1v) is 10.9. The lowest BCUT2D eigenvalue weighted by Gasteiger charge is -2.42. The molecule has 27 heavy (non-hydrogen) atoms. The summed E-state index contributed by atoms with van der Waals surface area (Å²) in [6.07, 6.45) is 1.39. The number of hydrogen-bond donors (Lipinski definition) is 3. The van der Waals surface area contributed by atoms with E-state index >= 15 is 0 Å². The van der Waals surface area contributed by atoms with Gasteiger partial charge in [-0.25, -0.2) is 13.2 Å². The van der Waals surface area contributed by atoms with Crippen LogP contribution >= 0.6 is 0 Å². The van der Waals surface area contributed by atoms with Crippen molar-refractivity contribution in [2.75, 3.05) is 25.4 Å². The number of benzene rings is 1. The van der Waals surface area contributed by atoms with Gasteiger partial charge in [-0.3, -0.25) is 9.69 Å². The maximum absolute atomic E-state index is 12.1. The Balaban J connectivity index is 1.65. The number of likely N-dealkylation sites (N-methyl/N-ethyl adjacent to an activating group) is 1. The predicted molar refractivity (Wildman–Crippen MR) is 102 cm³/mol. The molecule has 2 rings (SSSR count). The van der Waals surface area contributed by atoms with Gasteiger partial charge in [0, 0.05) is 18.6 Å². The molecule has 1 aromatic carbocycles. The Morgan fingerprint density at radius 3 is 2.48 bits per heavy atom. The summed E-state index contributed by atoms with van der Waals surface area (Å²) >= 11 is 0. The Labute approximate surface area is 159 Å². The molecule has 0 aromatic heterocycles. The molecule has 3 N–H and O–H groups in total. The van der Waals surface area contributed by atoms with E-state index in [0.717, 1.165) is 5.56 Å². The fourth-order valence-electron chi connectivity index (χ4n) is 3.13. The maximum Gasteiger partial charge on any atom is 0.317 e. The zero-order valence-corrected chi connectivity index (χ0v) is 16.2. The van der Waals surface area contributed by atoms with Gasteiger partial charge >= 0.3 is 12.0 Å². The van der Waals surface area contributed by atoms with Crippen molar-refractivity contribution in [3.05, 3.63) is 35.9 Å². The zero-order valence-electron chi connectivity index (χ0n) is 15.4. The topological polar surface area (TPSA) is 116 Å². The number of nitrogens with zero attached hydrogens (tertiary/aromatic N) is 1. The molecular weight excluding hydrogens is 370 g/mol. The quantitative estimate of drug-likeness (QED) is 0.539. The van der Waals surface area contributed by atoms with Crippen LogP contribution in [0.2, 0.25) is 0 Å². The number of nitrogens with one attached hydrogen (secondary N) is 2. The Hall–Kier alpha value is -2.13. The molecule has 0 heterocycles. The second-order valence-electron chi connectivity index (χ2n) is 6.76. The maximum atomic E-state index is 12.1. The number of carboxylic acid groups (broad SMARTS) is 1. The lowest BCUT2D eigenvalue weighted by molar-refractivity contribution is -0.139. The van der Waals surface area contributed by atoms with Gasteiger partial charge in [0.15, 0.2) is 9.84 Å². The summed E-state index contributed by atoms with van der Waals surface area (Å²) in [6.45, 7) is 2.61. The number of rotatable bonds is 10. The third-order valence-electron chi connectivity index (χ3n) is 4.64. The minimum atomic E-state index is -3.29. The largest absolute Gasteiger partial charge is 0.480 e. The van der Waals surface area contributed by atoms with Gasteiger partial charge in [-0.15, -0.1) is 0 Å². The molecule has 0 aliphatic heterocycles. The Kier molecular flexibility index (Phi) is 7.61. The number of carbonyl (C=O) groups is 2. The number of hydrogen-bond acceptors (Lipinski definition) is 5. The van der Waals surface area contributed by atoms with E-state index in [1.807, 2.05) is 17.9 Å². The van der Waals surface area contributed by atoms with Crippen LogP contribution in [-0.2, 0) is 20.4 Å². The average Bonchev–Trinajstić information content (AvgIpc) is 2.56. The van der Waals surface area contributed by atoms with E-state index in [-0.39, 0.29) is 36.7 Å². The number of carboxylic acids is 1. The molecule has 0 saturated heterocycles. The molecule has 0 atom stereocenters. The van der Waals surface area contributed by atoms with Gasteiger partial charge in [0.25, 0.3) is 0 Å². The monoisotopic (exact) mass is 397 g/mol. The number of carbonyl (C=O) groups excluding carboxylic acids is 1. The van der Waals surface area contributed by atoms with E-state index in [4.69, 9.17) is 5.11 Å². The van der Waals surface area contributed by atoms with Gasteiger partial charge < -0.3 is 15.7 Å². The van der Waals surface area contributed by atoms with E-state index in [1.165, 1.54) is 0 Å². The van der Waals surface area contributed by atoms with Crippen LogP contribution < -0.4 is 10.6 Å². The van der Waals surface area contributed by atoms with E-state index in [2.05, 4.69) is 10.6 Å². The highest BCUT2D eigenvalue weighted by Gasteiger charge is 2.34. The van der Waals surface area contributed by atoms with Crippen LogP contribution in [0.4, 0.5) is 4.79 Å². The van der Waals surface area contributed by atoms with Crippen LogP contribution in [0.5, 0.6) is 0 Å². The van der Waals surface area contributed by atoms with Gasteiger partial charge in [0.05, 0.1) is 18.1 Å². The van der Waals surface area contributed by atoms with Crippen molar-refractivity contribution in [2.24, 2.45) is 0 Å². The summed E-state index contributed by atoms with van der Waals surface area (Å²) in [4.78, 5) is 24.6. The highest BCUT2D eigenvalue weighted by molar-refractivity contribution is 7.90. The average molecular weight is 397 g/mol. The standard InChI is InChI=1S/C18H27N3O5S/c1-2-21(12-17(22)23)16-10-15(11-16)20-18(24)19-8-9-27(25,26)13-14-6-4-3-5-7-14/h3-7,15-16H,2,8-13H2,1H3,(H,22,23)(H2,19,20,24). The summed E-state index contributed by atoms with van der Waals surface area (Å²) < 4.78 is 24.2. The highest BCUT2D eigenvalue weighted by Crippen LogP contribution is 2.25. The van der Waals surface area contributed by atoms with Gasteiger partial charge in [0.1, 0.15) is 0 Å². The second-order valence-corrected chi connectivity index (χ2v) is 8.94. The van der Waals surface area contributed by atoms with E-state index in [0.29, 0.717) is 19.4 Å². The van der Waals surface area contributed by atoms with Crippen LogP contribution in [0.3, 0.4) is 0 Å². The van der Waals surface area contributed by atoms with Gasteiger partial charge in [0.2, 0.25) is 0 Å². The smallest absolute Gasteiger partial charge is 0.317 e. The van der Waals surface area contributed by atoms with Crippen molar-refractivity contribution >= 4 is 21.8 Å². The van der Waals surface area contributed by atoms with Gasteiger partial charge in [-0.2, -0.15) is 0 Å². The van der Waals surface area contributed by atoms with Crippen LogP contribution in [0.1, 0.15) is 25.3 Å². The normalized spacial score (nSPS) is 19.3. The lowest BCUT2D eigenvalue weighted by atomic mass is 9.85. The summed E-state index contributed by atoms with van der Waals surface area (Å²) in [7, 11) is -3.29. The van der Waals surface area contributed by atoms with Crippen molar-refractivity contribution in [3.8, 4) is 0 Å². The molecule has 0 spiro atoms. The number of urea groups is 1. The van der Waals surface area contributed by atoms with Crippen molar-refractivity contribution in [1.29, 1.82) is 0 Å². The van der Waals surface area contributed by atoms with Crippen molar-refractivity contribution in [3.63, 3.8) is 0 Å². The summed E-state index contributed by atoms with van der Waals surface area (Å²) in [5.41, 5.74) is 0.726. The first-order chi connectivity index (χ1) is 12.8. The number of sulfone groups is 1. The molecule has 8 nitrogen and oxygen atoms in total. The molecule has 0 bridgehead atoms. The number of amides is 2. The first-order valence-electron chi connectivity index (χ1n) is 9.03. The van der Waals surface area contributed by atoms with Crippen LogP contribution in [0.15, 0.2) is 30.3 Å². The molecule has 0 unspecified atom stereocenters. The molecule has 1 aliphatic carbocycles. The summed E-state index contributed by atoms with van der Waals surface area (Å²) in [5.74, 6) is -1.02. The highest BCUT2D eigenvalue weighted by atomic mass is 32.2. The fourth-order valence-corrected chi connectivity index (χ4v) is 4.39. The molecule has 1 aliphatic rings. The Morgan fingerprint density at radius 1 is 1.22 bits per heavy atom. The SMILES string of the molecule is CCN(CC(=O)O)C1CC(NC(=O)NCCS(=O)(=O)Cc2ccccc2)C1. The molecule has 1 aromatic rings. The number of aliphatic carboxylic acids is 1. The van der Waals surface area contributed by atoms with Crippen molar-refractivity contribution < 1.29 is 23.1 Å². The minimum Gasteiger partial charge on any atom is -0.480 e.